The first-order valence-corrected chi connectivity index (χ1v) is 13.1. The summed E-state index contributed by atoms with van der Waals surface area (Å²) in [5.74, 6) is 0.739. The van der Waals surface area contributed by atoms with Crippen molar-refractivity contribution in [3.63, 3.8) is 0 Å². The monoisotopic (exact) mass is 478 g/mol. The predicted molar refractivity (Wildman–Crippen MR) is 136 cm³/mol. The van der Waals surface area contributed by atoms with E-state index in [4.69, 9.17) is 15.0 Å². The lowest BCUT2D eigenvalue weighted by atomic mass is 9.43. The Hall–Kier alpha value is -2.16. The molecule has 1 aliphatic heterocycles. The Morgan fingerprint density at radius 2 is 2.03 bits per heavy atom. The highest BCUT2D eigenvalue weighted by molar-refractivity contribution is 6.47. The Kier molecular flexibility index (Phi) is 6.57. The van der Waals surface area contributed by atoms with E-state index in [-0.39, 0.29) is 29.0 Å². The predicted octanol–water partition coefficient (Wildman–Crippen LogP) is 3.07. The van der Waals surface area contributed by atoms with Crippen molar-refractivity contribution in [2.75, 3.05) is 0 Å². The summed E-state index contributed by atoms with van der Waals surface area (Å²) in [6.07, 6.45) is 7.21. The number of aryl methyl sites for hydroxylation is 2. The van der Waals surface area contributed by atoms with E-state index < -0.39 is 13.2 Å². The number of amides is 1. The van der Waals surface area contributed by atoms with E-state index in [1.807, 2.05) is 25.4 Å². The van der Waals surface area contributed by atoms with Crippen LogP contribution < -0.4 is 11.1 Å². The first-order chi connectivity index (χ1) is 16.7. The van der Waals surface area contributed by atoms with Crippen molar-refractivity contribution in [2.24, 2.45) is 30.0 Å². The van der Waals surface area contributed by atoms with Crippen LogP contribution in [0.2, 0.25) is 0 Å². The molecule has 2 bridgehead atoms. The summed E-state index contributed by atoms with van der Waals surface area (Å²) >= 11 is 0. The van der Waals surface area contributed by atoms with E-state index in [1.165, 1.54) is 12.0 Å². The largest absolute Gasteiger partial charge is 0.481 e. The topological polar surface area (TPSA) is 91.4 Å². The smallest absolute Gasteiger partial charge is 0.404 e. The second-order valence-corrected chi connectivity index (χ2v) is 11.6. The third kappa shape index (κ3) is 4.68. The van der Waals surface area contributed by atoms with Gasteiger partial charge in [-0.3, -0.25) is 9.48 Å². The lowest BCUT2D eigenvalue weighted by Crippen LogP contribution is -2.65. The van der Waals surface area contributed by atoms with Crippen LogP contribution in [0, 0.1) is 17.3 Å². The number of benzene rings is 1. The zero-order valence-corrected chi connectivity index (χ0v) is 21.4. The van der Waals surface area contributed by atoms with Gasteiger partial charge in [0.05, 0.1) is 29.4 Å². The quantitative estimate of drug-likeness (QED) is 0.541. The van der Waals surface area contributed by atoms with E-state index in [1.54, 1.807) is 4.68 Å². The van der Waals surface area contributed by atoms with Crippen molar-refractivity contribution in [1.29, 1.82) is 0 Å². The molecule has 3 aliphatic carbocycles. The van der Waals surface area contributed by atoms with Crippen molar-refractivity contribution in [3.05, 3.63) is 53.9 Å². The van der Waals surface area contributed by atoms with E-state index in [0.29, 0.717) is 18.3 Å². The molecule has 6 atom stereocenters. The highest BCUT2D eigenvalue weighted by Crippen LogP contribution is 2.65. The van der Waals surface area contributed by atoms with Crippen LogP contribution in [0.3, 0.4) is 0 Å². The average Bonchev–Trinajstić information content (AvgIpc) is 3.40. The summed E-state index contributed by atoms with van der Waals surface area (Å²) in [6, 6.07) is 11.7. The van der Waals surface area contributed by atoms with E-state index >= 15 is 0 Å². The van der Waals surface area contributed by atoms with Gasteiger partial charge in [-0.05, 0) is 67.9 Å². The van der Waals surface area contributed by atoms with Crippen molar-refractivity contribution in [2.45, 2.75) is 83.0 Å². The van der Waals surface area contributed by atoms with Gasteiger partial charge < -0.3 is 20.4 Å². The molecular formula is C27H39BN4O3. The zero-order valence-electron chi connectivity index (χ0n) is 21.4. The Morgan fingerprint density at radius 3 is 2.71 bits per heavy atom. The van der Waals surface area contributed by atoms with Crippen molar-refractivity contribution in [1.82, 2.24) is 15.1 Å². The fourth-order valence-corrected chi connectivity index (χ4v) is 6.70. The Morgan fingerprint density at radius 1 is 1.26 bits per heavy atom. The summed E-state index contributed by atoms with van der Waals surface area (Å²) in [5, 5.41) is 7.56. The van der Waals surface area contributed by atoms with Crippen molar-refractivity contribution in [3.8, 4) is 0 Å². The standard InChI is InChI=1S/C27H39BN4O3/c1-26(2)19-15-22(26)27(3)23(16-19)34-28(35-27)24(12-8-11-18-9-6-5-7-10-18)30-25(33)21(29)17-20-13-14-32(4)31-20/h5-7,9-10,13-14,19,21-24H,8,11-12,15-17,29H2,1-4H3,(H,30,33)/t19-,21?,22-,23+,24-,27-/m0/s1. The van der Waals surface area contributed by atoms with Crippen LogP contribution in [-0.2, 0) is 34.0 Å². The Bertz CT molecular complexity index is 1040. The second-order valence-electron chi connectivity index (χ2n) is 11.6. The molecule has 2 aromatic rings. The number of carbonyl (C=O) groups excluding carboxylic acids is 1. The summed E-state index contributed by atoms with van der Waals surface area (Å²) < 4.78 is 15.0. The maximum Gasteiger partial charge on any atom is 0.481 e. The molecule has 3 saturated carbocycles. The van der Waals surface area contributed by atoms with E-state index in [2.05, 4.69) is 55.5 Å². The molecule has 188 valence electrons. The highest BCUT2D eigenvalue weighted by atomic mass is 16.7. The third-order valence-corrected chi connectivity index (χ3v) is 8.98. The van der Waals surface area contributed by atoms with Crippen LogP contribution in [0.15, 0.2) is 42.6 Å². The first-order valence-electron chi connectivity index (χ1n) is 13.1. The molecule has 1 unspecified atom stereocenters. The minimum Gasteiger partial charge on any atom is -0.404 e. The maximum atomic E-state index is 13.1. The maximum absolute atomic E-state index is 13.1. The van der Waals surface area contributed by atoms with Crippen LogP contribution in [0.1, 0.15) is 57.7 Å². The van der Waals surface area contributed by atoms with E-state index in [0.717, 1.165) is 31.4 Å². The van der Waals surface area contributed by atoms with Gasteiger partial charge in [0.1, 0.15) is 0 Å². The van der Waals surface area contributed by atoms with Crippen LogP contribution in [0.25, 0.3) is 0 Å². The second kappa shape index (κ2) is 9.38. The fraction of sp³-hybridized carbons (Fsp3) is 0.630. The SMILES string of the molecule is Cn1ccc(CC(N)C(=O)N[C@@H](CCCc2ccccc2)B2O[C@@H]3C[C@@H]4C[C@@H](C4(C)C)[C@]3(C)O2)n1. The van der Waals surface area contributed by atoms with Gasteiger partial charge in [-0.2, -0.15) is 5.10 Å². The summed E-state index contributed by atoms with van der Waals surface area (Å²) in [6.45, 7) is 6.94. The van der Waals surface area contributed by atoms with Gasteiger partial charge in [0.2, 0.25) is 5.91 Å². The molecule has 1 saturated heterocycles. The zero-order chi connectivity index (χ0) is 24.8. The molecule has 1 aromatic carbocycles. The number of hydrogen-bond donors (Lipinski definition) is 2. The minimum absolute atomic E-state index is 0.0833. The van der Waals surface area contributed by atoms with Gasteiger partial charge in [-0.1, -0.05) is 44.2 Å². The average molecular weight is 478 g/mol. The van der Waals surface area contributed by atoms with Gasteiger partial charge in [0.15, 0.2) is 0 Å². The van der Waals surface area contributed by atoms with Crippen LogP contribution in [0.5, 0.6) is 0 Å². The summed E-state index contributed by atoms with van der Waals surface area (Å²) in [5.41, 5.74) is 8.37. The minimum atomic E-state index is -0.674. The van der Waals surface area contributed by atoms with E-state index in [9.17, 15) is 4.79 Å². The number of rotatable bonds is 9. The summed E-state index contributed by atoms with van der Waals surface area (Å²) in [4.78, 5) is 13.1. The van der Waals surface area contributed by atoms with Crippen molar-refractivity contribution >= 4 is 13.0 Å². The molecule has 4 aliphatic rings. The molecule has 6 rings (SSSR count). The summed E-state index contributed by atoms with van der Waals surface area (Å²) in [7, 11) is 1.40. The molecule has 1 amide bonds. The lowest BCUT2D eigenvalue weighted by molar-refractivity contribution is -0.199. The van der Waals surface area contributed by atoms with Gasteiger partial charge >= 0.3 is 7.12 Å². The van der Waals surface area contributed by atoms with Crippen LogP contribution in [0.4, 0.5) is 0 Å². The number of aromatic nitrogens is 2. The van der Waals surface area contributed by atoms with Gasteiger partial charge in [0.25, 0.3) is 0 Å². The molecule has 1 aromatic heterocycles. The van der Waals surface area contributed by atoms with Crippen molar-refractivity contribution < 1.29 is 14.1 Å². The number of nitrogens with one attached hydrogen (secondary N) is 1. The number of hydrogen-bond acceptors (Lipinski definition) is 5. The van der Waals surface area contributed by atoms with Gasteiger partial charge in [-0.15, -0.1) is 0 Å². The highest BCUT2D eigenvalue weighted by Gasteiger charge is 2.68. The molecule has 7 nitrogen and oxygen atoms in total. The normalized spacial score (nSPS) is 30.3. The molecule has 0 radical (unpaired) electrons. The molecule has 3 N–H and O–H groups in total. The number of nitrogens with zero attached hydrogens (tertiary/aromatic N) is 2. The molecule has 0 spiro atoms. The van der Waals surface area contributed by atoms with Crippen LogP contribution >= 0.6 is 0 Å². The molecular weight excluding hydrogens is 439 g/mol. The molecule has 2 heterocycles. The van der Waals surface area contributed by atoms with Gasteiger partial charge in [0, 0.05) is 19.7 Å². The molecule has 8 heteroatoms. The fourth-order valence-electron chi connectivity index (χ4n) is 6.70. The number of carbonyl (C=O) groups is 1. The Balaban J connectivity index is 1.27. The lowest BCUT2D eigenvalue weighted by Gasteiger charge is -2.64. The molecule has 35 heavy (non-hydrogen) atoms. The molecule has 4 fully saturated rings. The first kappa shape index (κ1) is 24.5. The van der Waals surface area contributed by atoms with Gasteiger partial charge in [-0.25, -0.2) is 0 Å². The number of nitrogens with two attached hydrogens (primary N) is 1. The Labute approximate surface area is 209 Å². The van der Waals surface area contributed by atoms with Crippen LogP contribution in [-0.4, -0.2) is 46.5 Å². The third-order valence-electron chi connectivity index (χ3n) is 8.98.